The molecule has 0 aliphatic rings. The van der Waals surface area contributed by atoms with Crippen molar-refractivity contribution in [2.24, 2.45) is 0 Å². The number of amides is 1. The van der Waals surface area contributed by atoms with Gasteiger partial charge in [-0.1, -0.05) is 43.3 Å². The van der Waals surface area contributed by atoms with Gasteiger partial charge in [-0.2, -0.15) is 13.2 Å². The summed E-state index contributed by atoms with van der Waals surface area (Å²) in [6.45, 7) is 2.09. The highest BCUT2D eigenvalue weighted by molar-refractivity contribution is 7.17. The lowest BCUT2D eigenvalue weighted by atomic mass is 10.2. The predicted molar refractivity (Wildman–Crippen MR) is 108 cm³/mol. The topological polar surface area (TPSA) is 68.3 Å². The Morgan fingerprint density at radius 1 is 1.10 bits per heavy atom. The molecule has 30 heavy (non-hydrogen) atoms. The zero-order chi connectivity index (χ0) is 21.7. The zero-order valence-electron chi connectivity index (χ0n) is 15.8. The number of esters is 1. The van der Waals surface area contributed by atoms with Gasteiger partial charge in [0.15, 0.2) is 5.69 Å². The first-order valence-electron chi connectivity index (χ1n) is 9.01. The Balaban J connectivity index is 1.88. The lowest BCUT2D eigenvalue weighted by molar-refractivity contribution is -0.141. The molecule has 1 aromatic heterocycles. The largest absolute Gasteiger partial charge is 0.462 e. The molecule has 3 aromatic rings. The van der Waals surface area contributed by atoms with Crippen LogP contribution in [0.3, 0.4) is 0 Å². The molecule has 1 heterocycles. The Morgan fingerprint density at radius 2 is 1.83 bits per heavy atom. The highest BCUT2D eigenvalue weighted by atomic mass is 32.1. The summed E-state index contributed by atoms with van der Waals surface area (Å²) in [5.74, 6) is -1.53. The molecule has 9 heteroatoms. The first-order valence-corrected chi connectivity index (χ1v) is 9.83. The van der Waals surface area contributed by atoms with Crippen molar-refractivity contribution >= 4 is 28.9 Å². The van der Waals surface area contributed by atoms with E-state index in [1.807, 2.05) is 6.92 Å². The molecule has 0 fully saturated rings. The van der Waals surface area contributed by atoms with Crippen LogP contribution in [-0.4, -0.2) is 23.5 Å². The summed E-state index contributed by atoms with van der Waals surface area (Å²) in [5, 5.41) is 2.50. The van der Waals surface area contributed by atoms with Gasteiger partial charge in [0.2, 0.25) is 0 Å². The van der Waals surface area contributed by atoms with Crippen LogP contribution in [0.2, 0.25) is 0 Å². The Kier molecular flexibility index (Phi) is 6.51. The maximum absolute atomic E-state index is 13.5. The number of carbonyl (C=O) groups is 2. The van der Waals surface area contributed by atoms with Gasteiger partial charge in [-0.05, 0) is 24.6 Å². The minimum Gasteiger partial charge on any atom is -0.462 e. The van der Waals surface area contributed by atoms with E-state index in [0.717, 1.165) is 0 Å². The number of anilines is 1. The molecular formula is C21H17F3N2O3S. The zero-order valence-corrected chi connectivity index (χ0v) is 16.6. The van der Waals surface area contributed by atoms with Gasteiger partial charge in [0.25, 0.3) is 5.91 Å². The third-order valence-electron chi connectivity index (χ3n) is 3.92. The fourth-order valence-corrected chi connectivity index (χ4v) is 3.55. The van der Waals surface area contributed by atoms with Crippen LogP contribution in [0.15, 0.2) is 54.6 Å². The molecule has 0 spiro atoms. The number of thiazole rings is 1. The number of rotatable bonds is 6. The van der Waals surface area contributed by atoms with Crippen LogP contribution in [0.25, 0.3) is 10.6 Å². The summed E-state index contributed by atoms with van der Waals surface area (Å²) in [5.41, 5.74) is -0.407. The number of hydrogen-bond donors (Lipinski definition) is 1. The number of halogens is 3. The highest BCUT2D eigenvalue weighted by Crippen LogP contribution is 2.38. The van der Waals surface area contributed by atoms with E-state index in [0.29, 0.717) is 23.3 Å². The number of ether oxygens (including phenoxy) is 1. The number of aromatic nitrogens is 1. The third kappa shape index (κ3) is 5.04. The molecular weight excluding hydrogens is 417 g/mol. The lowest BCUT2D eigenvalue weighted by Gasteiger charge is -2.09. The number of hydrogen-bond acceptors (Lipinski definition) is 5. The van der Waals surface area contributed by atoms with Crippen molar-refractivity contribution in [1.29, 1.82) is 0 Å². The molecule has 0 aliphatic heterocycles. The van der Waals surface area contributed by atoms with Crippen molar-refractivity contribution in [3.05, 3.63) is 70.7 Å². The first-order chi connectivity index (χ1) is 14.3. The minimum absolute atomic E-state index is 0.0879. The summed E-state index contributed by atoms with van der Waals surface area (Å²) in [7, 11) is 0. The normalized spacial score (nSPS) is 11.2. The second-order valence-electron chi connectivity index (χ2n) is 6.23. The predicted octanol–water partition coefficient (Wildman–Crippen LogP) is 5.65. The van der Waals surface area contributed by atoms with Crippen LogP contribution in [0.4, 0.5) is 18.9 Å². The maximum Gasteiger partial charge on any atom is 0.435 e. The van der Waals surface area contributed by atoms with E-state index in [4.69, 9.17) is 4.74 Å². The average molecular weight is 434 g/mol. The van der Waals surface area contributed by atoms with Gasteiger partial charge in [0.1, 0.15) is 9.88 Å². The van der Waals surface area contributed by atoms with E-state index in [1.165, 1.54) is 24.3 Å². The number of carbonyl (C=O) groups excluding carboxylic acids is 2. The number of benzene rings is 2. The number of alkyl halides is 3. The molecule has 2 aromatic carbocycles. The quantitative estimate of drug-likeness (QED) is 0.509. The van der Waals surface area contributed by atoms with Crippen LogP contribution < -0.4 is 5.32 Å². The van der Waals surface area contributed by atoms with Crippen LogP contribution >= 0.6 is 11.3 Å². The lowest BCUT2D eigenvalue weighted by Crippen LogP contribution is -2.17. The molecule has 0 unspecified atom stereocenters. The van der Waals surface area contributed by atoms with Crippen molar-refractivity contribution in [3.8, 4) is 10.6 Å². The average Bonchev–Trinajstić information content (AvgIpc) is 3.19. The molecule has 0 radical (unpaired) electrons. The van der Waals surface area contributed by atoms with Crippen LogP contribution in [0.5, 0.6) is 0 Å². The summed E-state index contributed by atoms with van der Waals surface area (Å²) in [4.78, 5) is 27.7. The van der Waals surface area contributed by atoms with Crippen LogP contribution in [-0.2, 0) is 10.9 Å². The molecule has 0 saturated carbocycles. The molecule has 0 saturated heterocycles. The smallest absolute Gasteiger partial charge is 0.435 e. The van der Waals surface area contributed by atoms with E-state index < -0.39 is 28.6 Å². The Hall–Kier alpha value is -3.20. The minimum atomic E-state index is -4.79. The monoisotopic (exact) mass is 434 g/mol. The highest BCUT2D eigenvalue weighted by Gasteiger charge is 2.39. The second kappa shape index (κ2) is 9.08. The molecule has 5 nitrogen and oxygen atoms in total. The number of nitrogens with zero attached hydrogens (tertiary/aromatic N) is 1. The van der Waals surface area contributed by atoms with Gasteiger partial charge in [-0.3, -0.25) is 4.79 Å². The van der Waals surface area contributed by atoms with Gasteiger partial charge >= 0.3 is 12.1 Å². The molecule has 0 atom stereocenters. The van der Waals surface area contributed by atoms with Crippen LogP contribution in [0.1, 0.15) is 39.1 Å². The maximum atomic E-state index is 13.5. The Labute approximate surface area is 174 Å². The van der Waals surface area contributed by atoms with E-state index in [-0.39, 0.29) is 22.9 Å². The van der Waals surface area contributed by atoms with E-state index in [1.54, 1.807) is 30.3 Å². The molecule has 3 rings (SSSR count). The van der Waals surface area contributed by atoms with Crippen molar-refractivity contribution in [2.75, 3.05) is 11.9 Å². The van der Waals surface area contributed by atoms with Crippen molar-refractivity contribution in [3.63, 3.8) is 0 Å². The fraction of sp³-hybridized carbons (Fsp3) is 0.190. The summed E-state index contributed by atoms with van der Waals surface area (Å²) < 4.78 is 45.4. The van der Waals surface area contributed by atoms with E-state index in [9.17, 15) is 22.8 Å². The van der Waals surface area contributed by atoms with Gasteiger partial charge in [-0.15, -0.1) is 11.3 Å². The molecule has 1 amide bonds. The SMILES string of the molecule is CCCOC(=O)c1cccc(NC(=O)c2sc(-c3ccccc3)nc2C(F)(F)F)c1. The van der Waals surface area contributed by atoms with Gasteiger partial charge in [0.05, 0.1) is 12.2 Å². The number of nitrogens with one attached hydrogen (secondary N) is 1. The summed E-state index contributed by atoms with van der Waals surface area (Å²) in [6.07, 6.45) is -4.14. The fourth-order valence-electron chi connectivity index (χ4n) is 2.56. The van der Waals surface area contributed by atoms with Gasteiger partial charge in [0, 0.05) is 11.3 Å². The first kappa shape index (κ1) is 21.5. The van der Waals surface area contributed by atoms with Crippen molar-refractivity contribution < 1.29 is 27.5 Å². The molecule has 156 valence electrons. The van der Waals surface area contributed by atoms with Crippen molar-refractivity contribution in [1.82, 2.24) is 4.98 Å². The van der Waals surface area contributed by atoms with Crippen molar-refractivity contribution in [2.45, 2.75) is 19.5 Å². The Bertz CT molecular complexity index is 1050. The van der Waals surface area contributed by atoms with Crippen LogP contribution in [0, 0.1) is 0 Å². The van der Waals surface area contributed by atoms with E-state index >= 15 is 0 Å². The standard InChI is InChI=1S/C21H17F3N2O3S/c1-2-11-29-20(28)14-9-6-10-15(12-14)25-18(27)16-17(21(22,23)24)26-19(30-16)13-7-4-3-5-8-13/h3-10,12H,2,11H2,1H3,(H,25,27). The molecule has 0 aliphatic carbocycles. The second-order valence-corrected chi connectivity index (χ2v) is 7.23. The third-order valence-corrected chi connectivity index (χ3v) is 5.02. The van der Waals surface area contributed by atoms with Gasteiger partial charge < -0.3 is 10.1 Å². The molecule has 0 bridgehead atoms. The van der Waals surface area contributed by atoms with E-state index in [2.05, 4.69) is 10.3 Å². The summed E-state index contributed by atoms with van der Waals surface area (Å²) >= 11 is 0.654. The Morgan fingerprint density at radius 3 is 2.50 bits per heavy atom. The molecule has 1 N–H and O–H groups in total. The summed E-state index contributed by atoms with van der Waals surface area (Å²) in [6, 6.07) is 14.1. The van der Waals surface area contributed by atoms with Gasteiger partial charge in [-0.25, -0.2) is 9.78 Å².